The minimum Gasteiger partial charge on any atom is -0.368 e. The van der Waals surface area contributed by atoms with Crippen molar-refractivity contribution in [3.63, 3.8) is 0 Å². The van der Waals surface area contributed by atoms with Gasteiger partial charge in [-0.3, -0.25) is 19.2 Å². The van der Waals surface area contributed by atoms with Crippen molar-refractivity contribution in [2.75, 3.05) is 13.1 Å². The summed E-state index contributed by atoms with van der Waals surface area (Å²) in [6, 6.07) is -0.729. The second-order valence-corrected chi connectivity index (χ2v) is 4.73. The molecule has 4 amide bonds. The lowest BCUT2D eigenvalue weighted by Crippen LogP contribution is -2.45. The normalized spacial score (nSPS) is 11.2. The van der Waals surface area contributed by atoms with Crippen LogP contribution in [0.15, 0.2) is 0 Å². The van der Waals surface area contributed by atoms with Gasteiger partial charge in [-0.1, -0.05) is 0 Å². The summed E-state index contributed by atoms with van der Waals surface area (Å²) in [5.74, 6) is -1.25. The molecule has 1 atom stereocenters. The van der Waals surface area contributed by atoms with Crippen molar-refractivity contribution in [2.24, 2.45) is 5.73 Å². The fraction of sp³-hybridized carbons (Fsp3) is 0.636. The summed E-state index contributed by atoms with van der Waals surface area (Å²) in [6.45, 7) is 0.743. The van der Waals surface area contributed by atoms with Crippen molar-refractivity contribution in [3.05, 3.63) is 0 Å². The van der Waals surface area contributed by atoms with E-state index in [9.17, 15) is 19.2 Å². The van der Waals surface area contributed by atoms with Crippen LogP contribution in [0.25, 0.3) is 0 Å². The minimum atomic E-state index is -0.729. The van der Waals surface area contributed by atoms with Gasteiger partial charge in [0.25, 0.3) is 0 Å². The number of amides is 4. The molecule has 0 aliphatic carbocycles. The number of nitrogens with one attached hydrogen (secondary N) is 3. The maximum atomic E-state index is 11.6. The molecule has 0 fully saturated rings. The third-order valence-electron chi connectivity index (χ3n) is 2.70. The molecule has 0 aromatic carbocycles. The highest BCUT2D eigenvalue weighted by Gasteiger charge is 2.17. The summed E-state index contributed by atoms with van der Waals surface area (Å²) in [6.07, 6.45) is 1.86. The molecule has 0 heterocycles. The summed E-state index contributed by atoms with van der Waals surface area (Å²) in [5.41, 5.74) is 5.23. The minimum absolute atomic E-state index is 0.0925. The molecule has 0 aliphatic heterocycles. The van der Waals surface area contributed by atoms with E-state index in [1.54, 1.807) is 0 Å². The molecule has 10 heteroatoms. The molecule has 0 aromatic heterocycles. The van der Waals surface area contributed by atoms with Crippen LogP contribution in [-0.4, -0.2) is 58.3 Å². The first-order valence-corrected chi connectivity index (χ1v) is 6.90. The van der Waals surface area contributed by atoms with Gasteiger partial charge in [-0.2, -0.15) is 0 Å². The quantitative estimate of drug-likeness (QED) is 0.256. The number of hydrogen-bond acceptors (Lipinski definition) is 4. The molecular weight excluding hydrogens is 274 g/mol. The first-order valence-electron chi connectivity index (χ1n) is 6.90. The molecule has 0 rings (SSSR count). The molecule has 116 valence electrons. The average Bonchev–Trinajstić information content (AvgIpc) is 2.35. The second-order valence-electron chi connectivity index (χ2n) is 4.73. The highest BCUT2D eigenvalue weighted by Crippen LogP contribution is 2.01. The first kappa shape index (κ1) is 19.0. The van der Waals surface area contributed by atoms with Gasteiger partial charge in [0.05, 0.1) is 0 Å². The van der Waals surface area contributed by atoms with Crippen LogP contribution in [-0.2, 0) is 9.59 Å². The molecule has 5 N–H and O–H groups in total. The largest absolute Gasteiger partial charge is 0.368 e. The predicted molar refractivity (Wildman–Crippen MR) is 83.5 cm³/mol. The zero-order chi connectivity index (χ0) is 16.3. The molecule has 1 unspecified atom stereocenters. The number of nitrogens with two attached hydrogens (primary N) is 1. The van der Waals surface area contributed by atoms with E-state index < -0.39 is 11.9 Å². The number of carbonyl (C=O) groups is 4. The number of primary amides is 1. The molecular formula is C11H22B2N4O4. The molecule has 0 saturated carbocycles. The number of carbonyl (C=O) groups excluding carboxylic acids is 4. The first-order chi connectivity index (χ1) is 9.82. The summed E-state index contributed by atoms with van der Waals surface area (Å²) in [5, 5.41) is 7.68. The van der Waals surface area contributed by atoms with Crippen molar-refractivity contribution in [2.45, 2.75) is 31.7 Å². The zero-order valence-electron chi connectivity index (χ0n) is 12.5. The smallest absolute Gasteiger partial charge is 0.239 e. The van der Waals surface area contributed by atoms with Crippen LogP contribution in [0.3, 0.4) is 0 Å². The Labute approximate surface area is 125 Å². The Hall–Kier alpha value is -1.99. The zero-order valence-corrected chi connectivity index (χ0v) is 12.5. The topological polar surface area (TPSA) is 130 Å². The van der Waals surface area contributed by atoms with Crippen LogP contribution in [0, 0.1) is 0 Å². The molecule has 0 saturated heterocycles. The Bertz CT molecular complexity index is 392. The van der Waals surface area contributed by atoms with Crippen LogP contribution in [0.5, 0.6) is 0 Å². The van der Waals surface area contributed by atoms with Gasteiger partial charge in [-0.15, -0.1) is 0 Å². The Balaban J connectivity index is 3.95. The van der Waals surface area contributed by atoms with Gasteiger partial charge in [0.2, 0.25) is 27.5 Å². The van der Waals surface area contributed by atoms with Gasteiger partial charge < -0.3 is 21.7 Å². The Morgan fingerprint density at radius 3 is 2.05 bits per heavy atom. The van der Waals surface area contributed by atoms with Crippen LogP contribution in [0.1, 0.15) is 25.7 Å². The van der Waals surface area contributed by atoms with Crippen LogP contribution >= 0.6 is 0 Å². The second kappa shape index (κ2) is 10.8. The fourth-order valence-corrected chi connectivity index (χ4v) is 1.64. The molecule has 0 aromatic rings. The van der Waals surface area contributed by atoms with Crippen molar-refractivity contribution < 1.29 is 19.2 Å². The summed E-state index contributed by atoms with van der Waals surface area (Å²) in [7, 11) is 2.79. The highest BCUT2D eigenvalue weighted by molar-refractivity contribution is 6.57. The van der Waals surface area contributed by atoms with Crippen molar-refractivity contribution in [1.82, 2.24) is 16.0 Å². The van der Waals surface area contributed by atoms with Crippen LogP contribution in [0.2, 0.25) is 0 Å². The lowest BCUT2D eigenvalue weighted by molar-refractivity contribution is -0.127. The Morgan fingerprint density at radius 1 is 0.952 bits per heavy atom. The number of rotatable bonds is 10. The van der Waals surface area contributed by atoms with E-state index in [-0.39, 0.29) is 30.5 Å². The SMILES string of the molecule is BC(=O)NCCCCC(NC(=O)CCNC(B)=O)C(N)=O. The molecule has 8 nitrogen and oxygen atoms in total. The molecule has 0 bridgehead atoms. The van der Waals surface area contributed by atoms with Crippen molar-refractivity contribution >= 4 is 39.1 Å². The van der Waals surface area contributed by atoms with Gasteiger partial charge in [-0.25, -0.2) is 0 Å². The highest BCUT2D eigenvalue weighted by atomic mass is 16.2. The average molecular weight is 296 g/mol. The summed E-state index contributed by atoms with van der Waals surface area (Å²) < 4.78 is 0. The summed E-state index contributed by atoms with van der Waals surface area (Å²) in [4.78, 5) is 44.2. The van der Waals surface area contributed by atoms with Gasteiger partial charge in [-0.05, 0) is 19.3 Å². The number of hydrogen-bond donors (Lipinski definition) is 4. The third kappa shape index (κ3) is 11.5. The molecule has 0 spiro atoms. The summed E-state index contributed by atoms with van der Waals surface area (Å²) >= 11 is 0. The van der Waals surface area contributed by atoms with Gasteiger partial charge >= 0.3 is 0 Å². The Kier molecular flexibility index (Phi) is 9.74. The van der Waals surface area contributed by atoms with Crippen molar-refractivity contribution in [3.8, 4) is 0 Å². The van der Waals surface area contributed by atoms with E-state index in [0.29, 0.717) is 25.8 Å². The van der Waals surface area contributed by atoms with E-state index in [1.165, 1.54) is 15.7 Å². The van der Waals surface area contributed by atoms with Gasteiger partial charge in [0.1, 0.15) is 6.04 Å². The monoisotopic (exact) mass is 296 g/mol. The van der Waals surface area contributed by atoms with E-state index in [0.717, 1.165) is 0 Å². The lowest BCUT2D eigenvalue weighted by Gasteiger charge is -2.15. The maximum absolute atomic E-state index is 11.6. The van der Waals surface area contributed by atoms with Crippen LogP contribution < -0.4 is 21.7 Å². The van der Waals surface area contributed by atoms with Crippen LogP contribution in [0.4, 0.5) is 9.59 Å². The maximum Gasteiger partial charge on any atom is 0.239 e. The van der Waals surface area contributed by atoms with E-state index in [4.69, 9.17) is 5.73 Å². The molecule has 0 radical (unpaired) electrons. The van der Waals surface area contributed by atoms with E-state index in [2.05, 4.69) is 16.0 Å². The molecule has 0 aliphatic rings. The van der Waals surface area contributed by atoms with E-state index in [1.807, 2.05) is 0 Å². The third-order valence-corrected chi connectivity index (χ3v) is 2.70. The number of unbranched alkanes of at least 4 members (excludes halogenated alkanes) is 1. The predicted octanol–water partition coefficient (Wildman–Crippen LogP) is -2.80. The standard InChI is InChI=1S/C11H22B2N4O4/c12-10(20)15-5-2-1-3-7(9(14)19)17-8(18)4-6-16-11(13)21/h7H,1-6,12-13H2,(H2,14,19)(H,15,20)(H,16,21)(H,17,18). The van der Waals surface area contributed by atoms with Gasteiger partial charge in [0, 0.05) is 19.5 Å². The van der Waals surface area contributed by atoms with E-state index >= 15 is 0 Å². The Morgan fingerprint density at radius 2 is 1.52 bits per heavy atom. The van der Waals surface area contributed by atoms with Gasteiger partial charge in [0.15, 0.2) is 11.6 Å². The molecule has 21 heavy (non-hydrogen) atoms. The lowest BCUT2D eigenvalue weighted by atomic mass is 10.1. The van der Waals surface area contributed by atoms with Crippen molar-refractivity contribution in [1.29, 1.82) is 0 Å². The fourth-order valence-electron chi connectivity index (χ4n) is 1.64.